The second-order valence-corrected chi connectivity index (χ2v) is 11.6. The van der Waals surface area contributed by atoms with Crippen LogP contribution in [0.4, 0.5) is 0 Å². The molecule has 0 saturated heterocycles. The molecule has 256 valence electrons. The number of benzene rings is 3. The van der Waals surface area contributed by atoms with Crippen molar-refractivity contribution in [2.75, 3.05) is 6.54 Å². The monoisotopic (exact) mass is 661 g/mol. The number of phenols is 2. The molecule has 9 N–H and O–H groups in total. The van der Waals surface area contributed by atoms with E-state index in [4.69, 9.17) is 5.73 Å². The Morgan fingerprint density at radius 3 is 1.48 bits per heavy atom. The molecule has 13 nitrogen and oxygen atoms in total. The maximum absolute atomic E-state index is 13.9. The molecule has 0 saturated carbocycles. The van der Waals surface area contributed by atoms with Gasteiger partial charge in [0.25, 0.3) is 0 Å². The Kier molecular flexibility index (Phi) is 13.9. The molecule has 3 aromatic carbocycles. The first-order chi connectivity index (χ1) is 22.9. The number of aromatic hydroxyl groups is 2. The van der Waals surface area contributed by atoms with Crippen LogP contribution in [0.15, 0.2) is 78.9 Å². The number of nitrogens with one attached hydrogen (secondary N) is 4. The van der Waals surface area contributed by atoms with Gasteiger partial charge in [-0.05, 0) is 46.9 Å². The highest BCUT2D eigenvalue weighted by Crippen LogP contribution is 2.15. The van der Waals surface area contributed by atoms with E-state index in [2.05, 4.69) is 21.3 Å². The Labute approximate surface area is 278 Å². The van der Waals surface area contributed by atoms with E-state index in [1.807, 2.05) is 6.92 Å². The number of hydrogen-bond donors (Lipinski definition) is 8. The fraction of sp³-hybridized carbons (Fsp3) is 0.343. The van der Waals surface area contributed by atoms with Gasteiger partial charge in [-0.25, -0.2) is 4.79 Å². The Morgan fingerprint density at radius 2 is 1.04 bits per heavy atom. The smallest absolute Gasteiger partial charge is 0.326 e. The molecule has 3 aromatic rings. The molecular formula is C35H43N5O8. The molecule has 0 aliphatic rings. The number of hydrogen-bond acceptors (Lipinski definition) is 8. The van der Waals surface area contributed by atoms with E-state index in [0.29, 0.717) is 23.1 Å². The summed E-state index contributed by atoms with van der Waals surface area (Å²) in [6.07, 6.45) is 0.403. The van der Waals surface area contributed by atoms with E-state index in [-0.39, 0.29) is 43.2 Å². The van der Waals surface area contributed by atoms with Gasteiger partial charge in [0, 0.05) is 19.3 Å². The van der Waals surface area contributed by atoms with Crippen molar-refractivity contribution in [2.24, 2.45) is 11.7 Å². The van der Waals surface area contributed by atoms with Crippen LogP contribution in [0.25, 0.3) is 0 Å². The lowest BCUT2D eigenvalue weighted by Crippen LogP contribution is -2.59. The van der Waals surface area contributed by atoms with Gasteiger partial charge in [-0.2, -0.15) is 0 Å². The minimum absolute atomic E-state index is 0.000705. The molecule has 3 rings (SSSR count). The molecule has 0 spiro atoms. The van der Waals surface area contributed by atoms with E-state index >= 15 is 0 Å². The van der Waals surface area contributed by atoms with Gasteiger partial charge in [-0.15, -0.1) is 0 Å². The highest BCUT2D eigenvalue weighted by molar-refractivity contribution is 5.95. The Balaban J connectivity index is 1.92. The van der Waals surface area contributed by atoms with Crippen LogP contribution >= 0.6 is 0 Å². The SMILES string of the molecule is CCC(C)C(NC(=O)CN)C(=O)NC(Cc1ccc(O)cc1)C(=O)NC(Cc1ccc(O)cc1)C(=O)NC(Cc1ccccc1)C(=O)O. The second kappa shape index (κ2) is 18.0. The van der Waals surface area contributed by atoms with Crippen LogP contribution in [0.1, 0.15) is 37.0 Å². The molecule has 48 heavy (non-hydrogen) atoms. The normalized spacial score (nSPS) is 14.0. The summed E-state index contributed by atoms with van der Waals surface area (Å²) in [5, 5.41) is 39.9. The van der Waals surface area contributed by atoms with Crippen molar-refractivity contribution in [1.82, 2.24) is 21.3 Å². The maximum atomic E-state index is 13.9. The Hall–Kier alpha value is -5.43. The van der Waals surface area contributed by atoms with Gasteiger partial charge >= 0.3 is 5.97 Å². The third-order valence-electron chi connectivity index (χ3n) is 7.91. The first-order valence-corrected chi connectivity index (χ1v) is 15.6. The number of rotatable bonds is 17. The van der Waals surface area contributed by atoms with Gasteiger partial charge in [0.15, 0.2) is 0 Å². The number of carboxylic acid groups (broad SMARTS) is 1. The second-order valence-electron chi connectivity index (χ2n) is 11.6. The van der Waals surface area contributed by atoms with E-state index in [0.717, 1.165) is 0 Å². The molecule has 0 radical (unpaired) electrons. The van der Waals surface area contributed by atoms with E-state index in [1.54, 1.807) is 61.5 Å². The topological polar surface area (TPSA) is 220 Å². The largest absolute Gasteiger partial charge is 0.508 e. The van der Waals surface area contributed by atoms with Gasteiger partial charge < -0.3 is 42.3 Å². The fourth-order valence-corrected chi connectivity index (χ4v) is 4.94. The average molecular weight is 662 g/mol. The zero-order valence-electron chi connectivity index (χ0n) is 26.9. The molecule has 0 aliphatic carbocycles. The van der Waals surface area contributed by atoms with Gasteiger partial charge in [-0.1, -0.05) is 74.9 Å². The third-order valence-corrected chi connectivity index (χ3v) is 7.91. The van der Waals surface area contributed by atoms with E-state index in [1.165, 1.54) is 24.3 Å². The summed E-state index contributed by atoms with van der Waals surface area (Å²) in [7, 11) is 0. The average Bonchev–Trinajstić information content (AvgIpc) is 3.07. The lowest BCUT2D eigenvalue weighted by Gasteiger charge is -2.28. The van der Waals surface area contributed by atoms with Crippen LogP contribution in [-0.2, 0) is 43.2 Å². The molecular weight excluding hydrogens is 618 g/mol. The van der Waals surface area contributed by atoms with E-state index in [9.17, 15) is 39.3 Å². The van der Waals surface area contributed by atoms with Crippen LogP contribution in [0, 0.1) is 5.92 Å². The van der Waals surface area contributed by atoms with Gasteiger partial charge in [-0.3, -0.25) is 19.2 Å². The number of amides is 4. The molecule has 5 atom stereocenters. The van der Waals surface area contributed by atoms with Crippen molar-refractivity contribution >= 4 is 29.6 Å². The number of aliphatic carboxylic acids is 1. The Morgan fingerprint density at radius 1 is 0.625 bits per heavy atom. The summed E-state index contributed by atoms with van der Waals surface area (Å²) >= 11 is 0. The minimum atomic E-state index is -1.31. The lowest BCUT2D eigenvalue weighted by atomic mass is 9.97. The molecule has 4 amide bonds. The van der Waals surface area contributed by atoms with Crippen LogP contribution in [0.2, 0.25) is 0 Å². The summed E-state index contributed by atoms with van der Waals surface area (Å²) in [6.45, 7) is 3.27. The summed E-state index contributed by atoms with van der Waals surface area (Å²) in [6, 6.07) is 15.8. The summed E-state index contributed by atoms with van der Waals surface area (Å²) < 4.78 is 0. The third kappa shape index (κ3) is 11.4. The highest BCUT2D eigenvalue weighted by Gasteiger charge is 2.33. The predicted molar refractivity (Wildman–Crippen MR) is 178 cm³/mol. The molecule has 0 bridgehead atoms. The quantitative estimate of drug-likeness (QED) is 0.104. The maximum Gasteiger partial charge on any atom is 0.326 e. The fourth-order valence-electron chi connectivity index (χ4n) is 4.94. The molecule has 0 aromatic heterocycles. The lowest BCUT2D eigenvalue weighted by molar-refractivity contribution is -0.142. The molecule has 0 heterocycles. The number of carbonyl (C=O) groups is 5. The van der Waals surface area contributed by atoms with Crippen molar-refractivity contribution in [3.63, 3.8) is 0 Å². The molecule has 0 fully saturated rings. The predicted octanol–water partition coefficient (Wildman–Crippen LogP) is 1.15. The van der Waals surface area contributed by atoms with Crippen molar-refractivity contribution in [2.45, 2.75) is 63.7 Å². The molecule has 5 unspecified atom stereocenters. The zero-order valence-corrected chi connectivity index (χ0v) is 26.9. The van der Waals surface area contributed by atoms with Crippen LogP contribution < -0.4 is 27.0 Å². The molecule has 0 aliphatic heterocycles. The van der Waals surface area contributed by atoms with Crippen molar-refractivity contribution < 1.29 is 39.3 Å². The first-order valence-electron chi connectivity index (χ1n) is 15.6. The van der Waals surface area contributed by atoms with Crippen LogP contribution in [-0.4, -0.2) is 75.6 Å². The van der Waals surface area contributed by atoms with Gasteiger partial charge in [0.05, 0.1) is 6.54 Å². The van der Waals surface area contributed by atoms with E-state index < -0.39 is 53.8 Å². The summed E-state index contributed by atoms with van der Waals surface area (Å²) in [5.41, 5.74) is 7.27. The van der Waals surface area contributed by atoms with Gasteiger partial charge in [0.2, 0.25) is 23.6 Å². The number of phenolic OH excluding ortho intramolecular Hbond substituents is 2. The molecule has 13 heteroatoms. The minimum Gasteiger partial charge on any atom is -0.508 e. The van der Waals surface area contributed by atoms with Crippen LogP contribution in [0.5, 0.6) is 11.5 Å². The number of nitrogens with two attached hydrogens (primary N) is 1. The standard InChI is InChI=1S/C35H43N5O8/c1-3-21(2)31(40-30(43)20-36)34(46)38-28(18-24-11-15-26(42)16-12-24)32(44)37-27(17-23-9-13-25(41)14-10-23)33(45)39-29(35(47)48)19-22-7-5-4-6-8-22/h4-16,21,27-29,31,41-42H,3,17-20,36H2,1-2H3,(H,37,44)(H,38,46)(H,39,45)(H,40,43)(H,47,48). The number of carboxylic acids is 1. The summed E-state index contributed by atoms with van der Waals surface area (Å²) in [4.78, 5) is 65.4. The first kappa shape index (κ1) is 37.0. The summed E-state index contributed by atoms with van der Waals surface area (Å²) in [5.74, 6) is -4.31. The van der Waals surface area contributed by atoms with Crippen molar-refractivity contribution in [1.29, 1.82) is 0 Å². The van der Waals surface area contributed by atoms with Crippen molar-refractivity contribution in [3.8, 4) is 11.5 Å². The van der Waals surface area contributed by atoms with Gasteiger partial charge in [0.1, 0.15) is 35.7 Å². The highest BCUT2D eigenvalue weighted by atomic mass is 16.4. The zero-order chi connectivity index (χ0) is 35.2. The van der Waals surface area contributed by atoms with Crippen LogP contribution in [0.3, 0.4) is 0 Å². The Bertz CT molecular complexity index is 1530. The number of carbonyl (C=O) groups excluding carboxylic acids is 4. The van der Waals surface area contributed by atoms with Crippen molar-refractivity contribution in [3.05, 3.63) is 95.6 Å².